The fraction of sp³-hybridized carbons (Fsp3) is 0.0909. The highest BCUT2D eigenvalue weighted by molar-refractivity contribution is 6.05. The zero-order valence-corrected chi connectivity index (χ0v) is 8.57. The highest BCUT2D eigenvalue weighted by Crippen LogP contribution is 2.28. The molecule has 0 radical (unpaired) electrons. The Hall–Kier alpha value is -2.30. The molecule has 0 fully saturated rings. The summed E-state index contributed by atoms with van der Waals surface area (Å²) in [6.45, 7) is 1.94. The summed E-state index contributed by atoms with van der Waals surface area (Å²) in [5.74, 6) is 0. The smallest absolute Gasteiger partial charge is 0.273 e. The van der Waals surface area contributed by atoms with Gasteiger partial charge in [0.1, 0.15) is 0 Å². The van der Waals surface area contributed by atoms with Crippen molar-refractivity contribution < 1.29 is 4.42 Å². The van der Waals surface area contributed by atoms with Crippen molar-refractivity contribution in [1.82, 2.24) is 9.97 Å². The predicted molar refractivity (Wildman–Crippen MR) is 61.3 cm³/mol. The van der Waals surface area contributed by atoms with Gasteiger partial charge in [-0.05, 0) is 18.6 Å². The molecule has 3 aromatic heterocycles. The minimum atomic E-state index is -0.336. The lowest BCUT2D eigenvalue weighted by molar-refractivity contribution is 0.650. The number of aromatic amines is 1. The lowest BCUT2D eigenvalue weighted by atomic mass is 10.1. The van der Waals surface area contributed by atoms with Crippen LogP contribution in [-0.4, -0.2) is 9.97 Å². The molecular formula is C11H9N3O2. The van der Waals surface area contributed by atoms with Crippen molar-refractivity contribution in [1.29, 1.82) is 0 Å². The fourth-order valence-corrected chi connectivity index (χ4v) is 1.87. The number of anilines is 1. The van der Waals surface area contributed by atoms with E-state index in [9.17, 15) is 4.79 Å². The molecule has 0 bridgehead atoms. The Kier molecular flexibility index (Phi) is 1.60. The second-order valence-electron chi connectivity index (χ2n) is 3.73. The molecule has 16 heavy (non-hydrogen) atoms. The third-order valence-corrected chi connectivity index (χ3v) is 2.62. The molecule has 0 aliphatic carbocycles. The summed E-state index contributed by atoms with van der Waals surface area (Å²) in [5.41, 5.74) is 7.51. The molecule has 80 valence electrons. The van der Waals surface area contributed by atoms with Gasteiger partial charge in [0.25, 0.3) is 5.56 Å². The van der Waals surface area contributed by atoms with Crippen LogP contribution in [0.1, 0.15) is 5.56 Å². The number of nitrogens with two attached hydrogens (primary N) is 1. The number of nitrogens with one attached hydrogen (secondary N) is 1. The van der Waals surface area contributed by atoms with Crippen molar-refractivity contribution in [3.8, 4) is 0 Å². The quantitative estimate of drug-likeness (QED) is 0.596. The molecule has 5 nitrogen and oxygen atoms in total. The van der Waals surface area contributed by atoms with E-state index in [-0.39, 0.29) is 11.2 Å². The summed E-state index contributed by atoms with van der Waals surface area (Å²) in [5, 5.41) is 1.75. The fourth-order valence-electron chi connectivity index (χ4n) is 1.87. The van der Waals surface area contributed by atoms with E-state index in [2.05, 4.69) is 9.97 Å². The van der Waals surface area contributed by atoms with Gasteiger partial charge in [-0.3, -0.25) is 14.8 Å². The molecule has 0 aliphatic heterocycles. The Morgan fingerprint density at radius 3 is 3.06 bits per heavy atom. The second-order valence-corrected chi connectivity index (χ2v) is 3.73. The van der Waals surface area contributed by atoms with Crippen LogP contribution in [0.5, 0.6) is 0 Å². The molecule has 0 spiro atoms. The van der Waals surface area contributed by atoms with Crippen molar-refractivity contribution in [2.75, 3.05) is 5.73 Å². The summed E-state index contributed by atoms with van der Waals surface area (Å²) in [7, 11) is 0. The molecule has 0 saturated heterocycles. The minimum absolute atomic E-state index is 0.186. The molecule has 0 saturated carbocycles. The van der Waals surface area contributed by atoms with E-state index in [0.717, 1.165) is 16.3 Å². The van der Waals surface area contributed by atoms with Crippen LogP contribution in [0.2, 0.25) is 0 Å². The molecule has 0 amide bonds. The highest BCUT2D eigenvalue weighted by atomic mass is 16.3. The van der Waals surface area contributed by atoms with E-state index in [1.165, 1.54) is 0 Å². The molecule has 3 N–H and O–H groups in total. The van der Waals surface area contributed by atoms with Gasteiger partial charge in [0, 0.05) is 17.0 Å². The molecule has 0 atom stereocenters. The number of pyridine rings is 2. The Morgan fingerprint density at radius 2 is 2.25 bits per heavy atom. The van der Waals surface area contributed by atoms with Crippen molar-refractivity contribution >= 4 is 27.8 Å². The number of fused-ring (bicyclic) bond motifs is 3. The van der Waals surface area contributed by atoms with E-state index in [4.69, 9.17) is 10.2 Å². The van der Waals surface area contributed by atoms with E-state index >= 15 is 0 Å². The van der Waals surface area contributed by atoms with Gasteiger partial charge in [0.2, 0.25) is 5.71 Å². The van der Waals surface area contributed by atoms with Gasteiger partial charge in [-0.2, -0.15) is 0 Å². The van der Waals surface area contributed by atoms with E-state index < -0.39 is 0 Å². The van der Waals surface area contributed by atoms with Crippen LogP contribution in [0.25, 0.3) is 22.1 Å². The number of nitrogen functional groups attached to an aromatic ring is 1. The van der Waals surface area contributed by atoms with Gasteiger partial charge in [-0.1, -0.05) is 0 Å². The number of aromatic nitrogens is 2. The van der Waals surface area contributed by atoms with Crippen molar-refractivity contribution in [2.24, 2.45) is 0 Å². The van der Waals surface area contributed by atoms with E-state index in [0.29, 0.717) is 11.3 Å². The predicted octanol–water partition coefficient (Wildman–Crippen LogP) is 1.56. The molecule has 5 heteroatoms. The molecule has 3 aromatic rings. The topological polar surface area (TPSA) is 84.9 Å². The lowest BCUT2D eigenvalue weighted by Crippen LogP contribution is -2.10. The SMILES string of the molecule is Cc1cncc2oc3[nH]c(=O)c(N)cc3c12. The summed E-state index contributed by atoms with van der Waals surface area (Å²) in [6, 6.07) is 1.63. The highest BCUT2D eigenvalue weighted by Gasteiger charge is 2.11. The maximum atomic E-state index is 11.3. The largest absolute Gasteiger partial charge is 0.438 e. The number of H-pyrrole nitrogens is 1. The van der Waals surface area contributed by atoms with Gasteiger partial charge >= 0.3 is 0 Å². The standard InChI is InChI=1S/C11H9N3O2/c1-5-3-13-4-8-9(5)6-2-7(12)10(15)14-11(6)16-8/h2-4H,12H2,1H3,(H,14,15). The van der Waals surface area contributed by atoms with Gasteiger partial charge in [-0.15, -0.1) is 0 Å². The summed E-state index contributed by atoms with van der Waals surface area (Å²) < 4.78 is 5.50. The molecule has 0 unspecified atom stereocenters. The Labute approximate surface area is 89.9 Å². The number of hydrogen-bond donors (Lipinski definition) is 2. The monoisotopic (exact) mass is 215 g/mol. The number of aryl methyl sites for hydroxylation is 1. The van der Waals surface area contributed by atoms with Crippen molar-refractivity contribution in [3.63, 3.8) is 0 Å². The van der Waals surface area contributed by atoms with Crippen LogP contribution in [-0.2, 0) is 0 Å². The average molecular weight is 215 g/mol. The van der Waals surface area contributed by atoms with E-state index in [1.807, 2.05) is 6.92 Å². The van der Waals surface area contributed by atoms with Crippen LogP contribution in [0.4, 0.5) is 5.69 Å². The average Bonchev–Trinajstić information content (AvgIpc) is 2.58. The van der Waals surface area contributed by atoms with Gasteiger partial charge < -0.3 is 10.2 Å². The van der Waals surface area contributed by atoms with Gasteiger partial charge in [0.15, 0.2) is 5.58 Å². The first-order valence-corrected chi connectivity index (χ1v) is 4.82. The Bertz CT molecular complexity index is 755. The van der Waals surface area contributed by atoms with Crippen LogP contribution in [0.3, 0.4) is 0 Å². The lowest BCUT2D eigenvalue weighted by Gasteiger charge is -1.94. The zero-order valence-electron chi connectivity index (χ0n) is 8.57. The molecule has 0 aromatic carbocycles. The molecule has 3 heterocycles. The summed E-state index contributed by atoms with van der Waals surface area (Å²) >= 11 is 0. The maximum absolute atomic E-state index is 11.3. The third kappa shape index (κ3) is 1.05. The van der Waals surface area contributed by atoms with Gasteiger partial charge in [0.05, 0.1) is 11.9 Å². The number of furan rings is 1. The third-order valence-electron chi connectivity index (χ3n) is 2.62. The molecule has 3 rings (SSSR count). The summed E-state index contributed by atoms with van der Waals surface area (Å²) in [6.07, 6.45) is 3.37. The Morgan fingerprint density at radius 1 is 1.44 bits per heavy atom. The molecule has 0 aliphatic rings. The minimum Gasteiger partial charge on any atom is -0.438 e. The first-order chi connectivity index (χ1) is 7.66. The van der Waals surface area contributed by atoms with Crippen molar-refractivity contribution in [3.05, 3.63) is 34.4 Å². The normalized spacial score (nSPS) is 11.3. The molecular weight excluding hydrogens is 206 g/mol. The second kappa shape index (κ2) is 2.85. The first-order valence-electron chi connectivity index (χ1n) is 4.82. The maximum Gasteiger partial charge on any atom is 0.273 e. The number of nitrogens with zero attached hydrogens (tertiary/aromatic N) is 1. The Balaban J connectivity index is 2.63. The van der Waals surface area contributed by atoms with Crippen LogP contribution < -0.4 is 11.3 Å². The van der Waals surface area contributed by atoms with E-state index in [1.54, 1.807) is 18.5 Å². The van der Waals surface area contributed by atoms with Crippen LogP contribution in [0.15, 0.2) is 27.7 Å². The van der Waals surface area contributed by atoms with Crippen LogP contribution in [0, 0.1) is 6.92 Å². The number of hydrogen-bond acceptors (Lipinski definition) is 4. The zero-order chi connectivity index (χ0) is 11.3. The number of rotatable bonds is 0. The first kappa shape index (κ1) is 8.96. The van der Waals surface area contributed by atoms with Crippen LogP contribution >= 0.6 is 0 Å². The summed E-state index contributed by atoms with van der Waals surface area (Å²) in [4.78, 5) is 18.0. The van der Waals surface area contributed by atoms with Gasteiger partial charge in [-0.25, -0.2) is 0 Å². The van der Waals surface area contributed by atoms with Crippen molar-refractivity contribution in [2.45, 2.75) is 6.92 Å².